The molecule has 0 bridgehead atoms. The highest BCUT2D eigenvalue weighted by atomic mass is 16.5. The summed E-state index contributed by atoms with van der Waals surface area (Å²) in [7, 11) is 3.22. The number of hydrogen-bond acceptors (Lipinski definition) is 3. The van der Waals surface area contributed by atoms with Gasteiger partial charge in [0.05, 0.1) is 19.7 Å². The molecule has 4 nitrogen and oxygen atoms in total. The average molecular weight is 382 g/mol. The summed E-state index contributed by atoms with van der Waals surface area (Å²) in [5, 5.41) is 31.8. The Bertz CT molecular complexity index is 540. The molecule has 0 heterocycles. The number of hydrogen-bond donors (Lipinski definition) is 2. The van der Waals surface area contributed by atoms with E-state index in [9.17, 15) is 15.4 Å². The Balaban J connectivity index is 0.000000504. The van der Waals surface area contributed by atoms with Gasteiger partial charge >= 0.3 is 0 Å². The average Bonchev–Trinajstić information content (AvgIpc) is 2.45. The van der Waals surface area contributed by atoms with Gasteiger partial charge in [-0.05, 0) is 65.2 Å². The number of hydroxylamine groups is 3. The molecule has 0 saturated heterocycles. The summed E-state index contributed by atoms with van der Waals surface area (Å²) in [5.41, 5.74) is 0.907. The molecular formula is C23H43NO3. The largest absolute Gasteiger partial charge is 0.633 e. The first-order valence-electron chi connectivity index (χ1n) is 9.65. The first kappa shape index (κ1) is 26.1. The smallest absolute Gasteiger partial charge is 0.118 e. The highest BCUT2D eigenvalue weighted by Crippen LogP contribution is 2.39. The Morgan fingerprint density at radius 2 is 1.63 bits per heavy atom. The van der Waals surface area contributed by atoms with Gasteiger partial charge in [0, 0.05) is 6.42 Å². The van der Waals surface area contributed by atoms with E-state index in [1.807, 2.05) is 26.8 Å². The lowest BCUT2D eigenvalue weighted by molar-refractivity contribution is -0.876. The molecule has 2 rings (SSSR count). The fourth-order valence-electron chi connectivity index (χ4n) is 4.01. The van der Waals surface area contributed by atoms with Crippen molar-refractivity contribution in [3.63, 3.8) is 0 Å². The maximum atomic E-state index is 12.0. The topological polar surface area (TPSA) is 63.5 Å². The van der Waals surface area contributed by atoms with Gasteiger partial charge < -0.3 is 20.1 Å². The normalized spacial score (nSPS) is 36.1. The Morgan fingerprint density at radius 1 is 1.07 bits per heavy atom. The van der Waals surface area contributed by atoms with Gasteiger partial charge in [0.1, 0.15) is 11.6 Å². The summed E-state index contributed by atoms with van der Waals surface area (Å²) in [6.45, 7) is 15.5. The molecule has 0 spiro atoms. The van der Waals surface area contributed by atoms with Crippen LogP contribution in [0.25, 0.3) is 0 Å². The molecule has 0 radical (unpaired) electrons. The van der Waals surface area contributed by atoms with Gasteiger partial charge in [-0.1, -0.05) is 43.9 Å². The SMILES string of the molecule is C.C=C(C)[C@@H]1CC[C@](C)(O)[C@@H]([N+](C)(C)[O-])C1.C=C(C)[C@H]1C=C[C@@](C)(O)CC1. The second-order valence-electron chi connectivity index (χ2n) is 9.33. The second kappa shape index (κ2) is 9.51. The lowest BCUT2D eigenvalue weighted by Crippen LogP contribution is -2.59. The van der Waals surface area contributed by atoms with Gasteiger partial charge in [0.2, 0.25) is 0 Å². The van der Waals surface area contributed by atoms with E-state index in [2.05, 4.69) is 19.2 Å². The van der Waals surface area contributed by atoms with E-state index in [4.69, 9.17) is 0 Å². The molecule has 1 saturated carbocycles. The molecule has 4 heteroatoms. The molecule has 0 aromatic rings. The lowest BCUT2D eigenvalue weighted by atomic mass is 9.73. The van der Waals surface area contributed by atoms with Crippen molar-refractivity contribution < 1.29 is 14.9 Å². The summed E-state index contributed by atoms with van der Waals surface area (Å²) < 4.78 is -0.420. The Morgan fingerprint density at radius 3 is 2.00 bits per heavy atom. The Hall–Kier alpha value is -0.940. The zero-order chi connectivity index (χ0) is 20.3. The fourth-order valence-corrected chi connectivity index (χ4v) is 4.01. The molecule has 5 atom stereocenters. The van der Waals surface area contributed by atoms with Gasteiger partial charge in [-0.2, -0.15) is 0 Å². The number of nitrogens with zero attached hydrogens (tertiary/aromatic N) is 1. The first-order chi connectivity index (χ1) is 11.7. The zero-order valence-corrected chi connectivity index (χ0v) is 17.6. The molecule has 2 N–H and O–H groups in total. The number of rotatable bonds is 3. The minimum Gasteiger partial charge on any atom is -0.633 e. The van der Waals surface area contributed by atoms with Gasteiger partial charge in [0.15, 0.2) is 0 Å². The van der Waals surface area contributed by atoms with E-state index >= 15 is 0 Å². The van der Waals surface area contributed by atoms with Crippen molar-refractivity contribution in [2.75, 3.05) is 14.1 Å². The lowest BCUT2D eigenvalue weighted by Gasteiger charge is -2.52. The van der Waals surface area contributed by atoms with Crippen molar-refractivity contribution in [2.45, 2.75) is 84.5 Å². The molecule has 1 fully saturated rings. The Kier molecular flexibility index (Phi) is 9.18. The van der Waals surface area contributed by atoms with Crippen LogP contribution in [0.3, 0.4) is 0 Å². The quantitative estimate of drug-likeness (QED) is 0.412. The molecule has 0 amide bonds. The van der Waals surface area contributed by atoms with Crippen LogP contribution in [0.2, 0.25) is 0 Å². The van der Waals surface area contributed by atoms with Crippen LogP contribution in [0.5, 0.6) is 0 Å². The van der Waals surface area contributed by atoms with Gasteiger partial charge in [0.25, 0.3) is 0 Å². The monoisotopic (exact) mass is 381 g/mol. The third-order valence-electron chi connectivity index (χ3n) is 5.95. The summed E-state index contributed by atoms with van der Waals surface area (Å²) in [6, 6.07) is -0.243. The van der Waals surface area contributed by atoms with E-state index in [0.29, 0.717) is 18.3 Å². The standard InChI is InChI=1S/C12H23NO2.C10H16O.CH4/c1-9(2)10-6-7-12(3,14)11(8-10)13(4,5)15;1-8(2)9-4-6-10(3,11)7-5-9;/h10-11,14H,1,6-8H2,2-5H3;4,6,9,11H,1,5,7H2,2-3H3;1H4/t10-,11+,12+;9-,10+;/m10./s1. The predicted octanol–water partition coefficient (Wildman–Crippen LogP) is 4.97. The predicted molar refractivity (Wildman–Crippen MR) is 116 cm³/mol. The van der Waals surface area contributed by atoms with Crippen molar-refractivity contribution in [3.8, 4) is 0 Å². The molecule has 2 aliphatic rings. The second-order valence-corrected chi connectivity index (χ2v) is 9.33. The number of likely N-dealkylation sites (N-methyl/N-ethyl adjacent to an activating group) is 1. The van der Waals surface area contributed by atoms with Crippen LogP contribution in [0.15, 0.2) is 36.5 Å². The van der Waals surface area contributed by atoms with E-state index in [1.54, 1.807) is 21.0 Å². The van der Waals surface area contributed by atoms with Crippen LogP contribution >= 0.6 is 0 Å². The molecule has 27 heavy (non-hydrogen) atoms. The Labute approximate surface area is 167 Å². The van der Waals surface area contributed by atoms with Crippen LogP contribution in [0, 0.1) is 17.0 Å². The molecule has 0 aliphatic heterocycles. The number of aliphatic hydroxyl groups is 2. The van der Waals surface area contributed by atoms with E-state index in [-0.39, 0.29) is 13.5 Å². The van der Waals surface area contributed by atoms with Gasteiger partial charge in [-0.3, -0.25) is 0 Å². The van der Waals surface area contributed by atoms with Crippen LogP contribution in [0.4, 0.5) is 0 Å². The third kappa shape index (κ3) is 7.90. The molecule has 0 aromatic heterocycles. The van der Waals surface area contributed by atoms with Gasteiger partial charge in [-0.25, -0.2) is 0 Å². The maximum absolute atomic E-state index is 12.0. The summed E-state index contributed by atoms with van der Waals surface area (Å²) >= 11 is 0. The van der Waals surface area contributed by atoms with Crippen LogP contribution in [-0.2, 0) is 0 Å². The first-order valence-corrected chi connectivity index (χ1v) is 9.65. The molecule has 0 unspecified atom stereocenters. The van der Waals surface area contributed by atoms with Crippen molar-refractivity contribution in [1.29, 1.82) is 0 Å². The fraction of sp³-hybridized carbons (Fsp3) is 0.739. The third-order valence-corrected chi connectivity index (χ3v) is 5.95. The zero-order valence-electron chi connectivity index (χ0n) is 17.6. The highest BCUT2D eigenvalue weighted by Gasteiger charge is 2.44. The van der Waals surface area contributed by atoms with E-state index in [0.717, 1.165) is 31.3 Å². The molecule has 0 aromatic carbocycles. The summed E-state index contributed by atoms with van der Waals surface area (Å²) in [6.07, 6.45) is 8.21. The van der Waals surface area contributed by atoms with E-state index < -0.39 is 15.8 Å². The van der Waals surface area contributed by atoms with Crippen LogP contribution in [0.1, 0.15) is 67.2 Å². The van der Waals surface area contributed by atoms with Crippen molar-refractivity contribution >= 4 is 0 Å². The van der Waals surface area contributed by atoms with Crippen molar-refractivity contribution in [1.82, 2.24) is 0 Å². The minimum atomic E-state index is -0.836. The van der Waals surface area contributed by atoms with Crippen molar-refractivity contribution in [2.24, 2.45) is 11.8 Å². The van der Waals surface area contributed by atoms with Crippen molar-refractivity contribution in [3.05, 3.63) is 41.7 Å². The van der Waals surface area contributed by atoms with Gasteiger partial charge in [-0.15, -0.1) is 0 Å². The summed E-state index contributed by atoms with van der Waals surface area (Å²) in [5.74, 6) is 0.872. The molecule has 158 valence electrons. The molecular weight excluding hydrogens is 338 g/mol. The number of quaternary nitrogens is 1. The van der Waals surface area contributed by atoms with Crippen LogP contribution < -0.4 is 0 Å². The van der Waals surface area contributed by atoms with Crippen LogP contribution in [-0.4, -0.2) is 46.2 Å². The minimum absolute atomic E-state index is 0. The number of allylic oxidation sites excluding steroid dienone is 3. The highest BCUT2D eigenvalue weighted by molar-refractivity contribution is 5.14. The maximum Gasteiger partial charge on any atom is 0.118 e. The van der Waals surface area contributed by atoms with E-state index in [1.165, 1.54) is 5.57 Å². The summed E-state index contributed by atoms with van der Waals surface area (Å²) in [4.78, 5) is 0. The molecule has 2 aliphatic carbocycles.